The fourth-order valence-corrected chi connectivity index (χ4v) is 3.44. The maximum absolute atomic E-state index is 14.3. The van der Waals surface area contributed by atoms with Crippen LogP contribution in [0.4, 0.5) is 14.6 Å². The highest BCUT2D eigenvalue weighted by Gasteiger charge is 2.32. The molecule has 0 bridgehead atoms. The van der Waals surface area contributed by atoms with Gasteiger partial charge in [0.2, 0.25) is 0 Å². The lowest BCUT2D eigenvalue weighted by atomic mass is 10.0. The molecule has 1 fully saturated rings. The number of nitrogens with one attached hydrogen (secondary N) is 2. The summed E-state index contributed by atoms with van der Waals surface area (Å²) < 4.78 is 32.9. The summed E-state index contributed by atoms with van der Waals surface area (Å²) in [6.45, 7) is 1.19. The van der Waals surface area contributed by atoms with Gasteiger partial charge in [0.15, 0.2) is 0 Å². The lowest BCUT2D eigenvalue weighted by Crippen LogP contribution is -2.32. The number of pyridine rings is 1. The van der Waals surface area contributed by atoms with Crippen molar-refractivity contribution >= 4 is 17.6 Å². The summed E-state index contributed by atoms with van der Waals surface area (Å²) >= 11 is 0. The molecule has 7 nitrogen and oxygen atoms in total. The molecular weight excluding hydrogens is 380 g/mol. The summed E-state index contributed by atoms with van der Waals surface area (Å²) in [6, 6.07) is 4.32. The molecule has 29 heavy (non-hydrogen) atoms. The number of amidine groups is 1. The lowest BCUT2D eigenvalue weighted by Gasteiger charge is -2.28. The maximum atomic E-state index is 14.3. The van der Waals surface area contributed by atoms with E-state index in [0.29, 0.717) is 32.5 Å². The Bertz CT molecular complexity index is 922. The number of nitrogen functional groups attached to an aromatic ring is 1. The number of hydrogen-bond acceptors (Lipinski definition) is 5. The summed E-state index contributed by atoms with van der Waals surface area (Å²) in [7, 11) is 1.53. The van der Waals surface area contributed by atoms with Crippen molar-refractivity contribution in [3.05, 3.63) is 58.8 Å². The van der Waals surface area contributed by atoms with Gasteiger partial charge in [0.05, 0.1) is 23.8 Å². The molecule has 154 valence electrons. The van der Waals surface area contributed by atoms with Crippen molar-refractivity contribution in [1.82, 2.24) is 15.2 Å². The Labute approximate surface area is 167 Å². The van der Waals surface area contributed by atoms with Crippen molar-refractivity contribution in [2.24, 2.45) is 0 Å². The van der Waals surface area contributed by atoms with E-state index in [2.05, 4.69) is 10.3 Å². The van der Waals surface area contributed by atoms with E-state index in [1.54, 1.807) is 4.90 Å². The third-order valence-corrected chi connectivity index (χ3v) is 4.88. The van der Waals surface area contributed by atoms with E-state index in [1.165, 1.54) is 19.4 Å². The van der Waals surface area contributed by atoms with E-state index in [0.717, 1.165) is 18.2 Å². The summed E-state index contributed by atoms with van der Waals surface area (Å²) in [5.74, 6) is -1.30. The van der Waals surface area contributed by atoms with Gasteiger partial charge in [-0.2, -0.15) is 0 Å². The van der Waals surface area contributed by atoms with Crippen LogP contribution < -0.4 is 11.1 Å². The summed E-state index contributed by atoms with van der Waals surface area (Å²) in [5, 5.41) is 11.3. The number of nitrogens with zero attached hydrogens (tertiary/aromatic N) is 2. The van der Waals surface area contributed by atoms with Gasteiger partial charge in [0.25, 0.3) is 5.91 Å². The topological polar surface area (TPSA) is 104 Å². The first-order valence-electron chi connectivity index (χ1n) is 9.25. The van der Waals surface area contributed by atoms with Crippen LogP contribution in [0.5, 0.6) is 0 Å². The molecule has 0 spiro atoms. The molecule has 1 aliphatic rings. The van der Waals surface area contributed by atoms with Crippen molar-refractivity contribution in [3.63, 3.8) is 0 Å². The van der Waals surface area contributed by atoms with Crippen LogP contribution in [0.2, 0.25) is 0 Å². The van der Waals surface area contributed by atoms with Gasteiger partial charge in [-0.15, -0.1) is 0 Å². The Morgan fingerprint density at radius 1 is 1.41 bits per heavy atom. The number of nitrogens with two attached hydrogens (primary N) is 1. The number of likely N-dealkylation sites (tertiary alicyclic amines) is 1. The summed E-state index contributed by atoms with van der Waals surface area (Å²) in [4.78, 5) is 18.0. The Hall–Kier alpha value is -3.07. The average molecular weight is 403 g/mol. The molecule has 0 aliphatic carbocycles. The normalized spacial score (nSPS) is 16.1. The van der Waals surface area contributed by atoms with Crippen LogP contribution in [-0.4, -0.2) is 48.4 Å². The van der Waals surface area contributed by atoms with Gasteiger partial charge < -0.3 is 20.7 Å². The van der Waals surface area contributed by atoms with Gasteiger partial charge in [-0.3, -0.25) is 10.2 Å². The number of halogens is 2. The van der Waals surface area contributed by atoms with Gasteiger partial charge >= 0.3 is 0 Å². The largest absolute Gasteiger partial charge is 0.383 e. The molecule has 1 saturated heterocycles. The van der Waals surface area contributed by atoms with Crippen LogP contribution in [0.15, 0.2) is 30.5 Å². The monoisotopic (exact) mass is 403 g/mol. The molecule has 1 aromatic carbocycles. The molecule has 0 radical (unpaired) electrons. The van der Waals surface area contributed by atoms with Crippen LogP contribution in [0.1, 0.15) is 40.4 Å². The third-order valence-electron chi connectivity index (χ3n) is 4.88. The summed E-state index contributed by atoms with van der Waals surface area (Å²) in [5.41, 5.74) is 6.68. The zero-order chi connectivity index (χ0) is 21.0. The minimum absolute atomic E-state index is 0.0210. The molecule has 2 heterocycles. The van der Waals surface area contributed by atoms with Crippen LogP contribution in [-0.2, 0) is 4.74 Å². The fourth-order valence-electron chi connectivity index (χ4n) is 3.44. The minimum atomic E-state index is -0.532. The second-order valence-corrected chi connectivity index (χ2v) is 6.77. The number of carbonyl (C=O) groups excluding carboxylic acids is 1. The number of rotatable bonds is 6. The number of benzene rings is 1. The molecule has 1 atom stereocenters. The second-order valence-electron chi connectivity index (χ2n) is 6.77. The standard InChI is InChI=1S/C20H23F2N5O2/c1-29-8-6-25-20(28)12-9-15(18(23)26-11-12)19(24)27-7-2-3-17(27)14-10-13(21)4-5-16(14)22/h4-5,9-11,17,24H,2-3,6-8H2,1H3,(H2,23,26)(H,25,28)/t17-/m1/s1. The predicted octanol–water partition coefficient (Wildman–Crippen LogP) is 2.48. The van der Waals surface area contributed by atoms with Crippen molar-refractivity contribution in [1.29, 1.82) is 5.41 Å². The van der Waals surface area contributed by atoms with Gasteiger partial charge in [0, 0.05) is 32.0 Å². The molecule has 0 unspecified atom stereocenters. The number of carbonyl (C=O) groups is 1. The van der Waals surface area contributed by atoms with E-state index in [9.17, 15) is 13.6 Å². The van der Waals surface area contributed by atoms with E-state index in [4.69, 9.17) is 15.9 Å². The molecule has 2 aromatic rings. The highest BCUT2D eigenvalue weighted by molar-refractivity contribution is 6.03. The maximum Gasteiger partial charge on any atom is 0.252 e. The molecule has 4 N–H and O–H groups in total. The molecule has 1 aromatic heterocycles. The Kier molecular flexibility index (Phi) is 6.38. The zero-order valence-electron chi connectivity index (χ0n) is 16.0. The molecule has 0 saturated carbocycles. The molecule has 1 amide bonds. The Morgan fingerprint density at radius 3 is 2.97 bits per heavy atom. The summed E-state index contributed by atoms with van der Waals surface area (Å²) in [6.07, 6.45) is 2.63. The molecule has 3 rings (SSSR count). The first kappa shape index (κ1) is 20.7. The number of methoxy groups -OCH3 is 1. The minimum Gasteiger partial charge on any atom is -0.383 e. The van der Waals surface area contributed by atoms with E-state index < -0.39 is 17.7 Å². The van der Waals surface area contributed by atoms with Crippen molar-refractivity contribution in [2.75, 3.05) is 32.5 Å². The fraction of sp³-hybridized carbons (Fsp3) is 0.350. The SMILES string of the molecule is COCCNC(=O)c1cnc(N)c(C(=N)N2CCC[C@@H]2c2cc(F)ccc2F)c1. The van der Waals surface area contributed by atoms with Gasteiger partial charge in [0.1, 0.15) is 23.3 Å². The van der Waals surface area contributed by atoms with Gasteiger partial charge in [-0.25, -0.2) is 13.8 Å². The van der Waals surface area contributed by atoms with E-state index in [1.807, 2.05) is 0 Å². The van der Waals surface area contributed by atoms with Crippen molar-refractivity contribution in [2.45, 2.75) is 18.9 Å². The predicted molar refractivity (Wildman–Crippen MR) is 105 cm³/mol. The van der Waals surface area contributed by atoms with Crippen molar-refractivity contribution in [3.8, 4) is 0 Å². The number of hydrogen-bond donors (Lipinski definition) is 3. The van der Waals surface area contributed by atoms with Gasteiger partial charge in [-0.1, -0.05) is 0 Å². The second kappa shape index (κ2) is 8.95. The highest BCUT2D eigenvalue weighted by atomic mass is 19.1. The highest BCUT2D eigenvalue weighted by Crippen LogP contribution is 2.35. The van der Waals surface area contributed by atoms with Crippen LogP contribution in [0.3, 0.4) is 0 Å². The third kappa shape index (κ3) is 4.51. The van der Waals surface area contributed by atoms with E-state index >= 15 is 0 Å². The number of aromatic nitrogens is 1. The first-order chi connectivity index (χ1) is 13.9. The lowest BCUT2D eigenvalue weighted by molar-refractivity contribution is 0.0936. The number of amides is 1. The number of anilines is 1. The molecular formula is C20H23F2N5O2. The molecule has 1 aliphatic heterocycles. The van der Waals surface area contributed by atoms with Crippen LogP contribution >= 0.6 is 0 Å². The van der Waals surface area contributed by atoms with Crippen LogP contribution in [0, 0.1) is 17.0 Å². The Balaban J connectivity index is 1.86. The smallest absolute Gasteiger partial charge is 0.252 e. The number of ether oxygens (including phenoxy) is 1. The first-order valence-corrected chi connectivity index (χ1v) is 9.25. The van der Waals surface area contributed by atoms with E-state index in [-0.39, 0.29) is 34.3 Å². The van der Waals surface area contributed by atoms with Crippen LogP contribution in [0.25, 0.3) is 0 Å². The molecule has 9 heteroatoms. The zero-order valence-corrected chi connectivity index (χ0v) is 16.0. The average Bonchev–Trinajstić information content (AvgIpc) is 3.19. The quantitative estimate of drug-likeness (QED) is 0.391. The van der Waals surface area contributed by atoms with Crippen molar-refractivity contribution < 1.29 is 18.3 Å². The Morgan fingerprint density at radius 2 is 2.21 bits per heavy atom. The van der Waals surface area contributed by atoms with Gasteiger partial charge in [-0.05, 0) is 37.1 Å².